The van der Waals surface area contributed by atoms with Crippen LogP contribution in [0.3, 0.4) is 0 Å². The van der Waals surface area contributed by atoms with Gasteiger partial charge < -0.3 is 34.4 Å². The Hall–Kier alpha value is -2.16. The van der Waals surface area contributed by atoms with Crippen LogP contribution < -0.4 is 10.2 Å². The van der Waals surface area contributed by atoms with Crippen LogP contribution in [-0.2, 0) is 28.7 Å². The summed E-state index contributed by atoms with van der Waals surface area (Å²) in [6.07, 6.45) is -3.18. The number of hydrogen-bond acceptors (Lipinski definition) is 9. The van der Waals surface area contributed by atoms with E-state index in [1.54, 1.807) is 13.8 Å². The first-order chi connectivity index (χ1) is 9.24. The van der Waals surface area contributed by atoms with E-state index in [2.05, 4.69) is 9.47 Å². The van der Waals surface area contributed by atoms with Crippen LogP contribution in [0.25, 0.3) is 0 Å². The van der Waals surface area contributed by atoms with E-state index < -0.39 is 36.4 Å². The molecular weight excluding hydrogens is 276 g/mol. The van der Waals surface area contributed by atoms with Gasteiger partial charge in [-0.1, -0.05) is 0 Å². The first-order valence-corrected chi connectivity index (χ1v) is 5.64. The summed E-state index contributed by atoms with van der Waals surface area (Å²) in [4.78, 5) is 40.3. The summed E-state index contributed by atoms with van der Waals surface area (Å²) in [6, 6.07) is 0. The number of carbonyl (C=O) groups excluding carboxylic acids is 4. The Bertz CT molecular complexity index is 321. The van der Waals surface area contributed by atoms with Gasteiger partial charge in [0.05, 0.1) is 25.3 Å². The van der Waals surface area contributed by atoms with Crippen molar-refractivity contribution >= 4 is 23.9 Å². The molecule has 0 aromatic rings. The maximum Gasteiger partial charge on any atom is 0.317 e. The number of carboxylic acids is 2. The fraction of sp³-hybridized carbons (Fsp3) is 0.636. The zero-order valence-corrected chi connectivity index (χ0v) is 11.1. The number of rotatable bonds is 7. The molecule has 0 aliphatic carbocycles. The van der Waals surface area contributed by atoms with Crippen molar-refractivity contribution in [3.8, 4) is 0 Å². The number of aliphatic hydroxyl groups excluding tert-OH is 1. The minimum atomic E-state index is -1.96. The molecule has 1 N–H and O–H groups in total. The third-order valence-electron chi connectivity index (χ3n) is 1.53. The molecular formula is C11H16O9-2. The Morgan fingerprint density at radius 2 is 1.40 bits per heavy atom. The number of hydrogen-bond donors (Lipinski definition) is 1. The van der Waals surface area contributed by atoms with Gasteiger partial charge >= 0.3 is 11.9 Å². The molecule has 0 aliphatic rings. The second-order valence-electron chi connectivity index (χ2n) is 3.20. The van der Waals surface area contributed by atoms with Crippen LogP contribution in [0.2, 0.25) is 0 Å². The van der Waals surface area contributed by atoms with Gasteiger partial charge in [-0.15, -0.1) is 0 Å². The van der Waals surface area contributed by atoms with Gasteiger partial charge in [-0.05, 0) is 13.8 Å². The van der Waals surface area contributed by atoms with Gasteiger partial charge in [0.2, 0.25) is 0 Å². The van der Waals surface area contributed by atoms with Crippen molar-refractivity contribution in [2.24, 2.45) is 0 Å². The van der Waals surface area contributed by atoms with Crippen LogP contribution in [0.1, 0.15) is 26.7 Å². The van der Waals surface area contributed by atoms with Crippen LogP contribution in [0.15, 0.2) is 0 Å². The van der Waals surface area contributed by atoms with Gasteiger partial charge in [-0.2, -0.15) is 0 Å². The van der Waals surface area contributed by atoms with Gasteiger partial charge in [-0.25, -0.2) is 0 Å². The summed E-state index contributed by atoms with van der Waals surface area (Å²) < 4.78 is 9.04. The lowest BCUT2D eigenvalue weighted by molar-refractivity contribution is -0.323. The molecule has 9 nitrogen and oxygen atoms in total. The minimum Gasteiger partial charge on any atom is -0.550 e. The summed E-state index contributed by atoms with van der Waals surface area (Å²) in [5.74, 6) is -4.50. The van der Waals surface area contributed by atoms with Gasteiger partial charge in [0, 0.05) is 12.4 Å². The summed E-state index contributed by atoms with van der Waals surface area (Å²) in [5, 5.41) is 27.3. The molecule has 116 valence electrons. The molecule has 9 heteroatoms. The normalized spacial score (nSPS) is 10.6. The van der Waals surface area contributed by atoms with Crippen molar-refractivity contribution in [3.05, 3.63) is 0 Å². The Balaban J connectivity index is 0. The zero-order chi connectivity index (χ0) is 16.1. The van der Waals surface area contributed by atoms with E-state index in [1.165, 1.54) is 0 Å². The van der Waals surface area contributed by atoms with Crippen molar-refractivity contribution in [3.63, 3.8) is 0 Å². The molecule has 0 aromatic carbocycles. The number of aliphatic hydroxyl groups is 1. The van der Waals surface area contributed by atoms with Crippen LogP contribution in [-0.4, -0.2) is 48.3 Å². The third-order valence-corrected chi connectivity index (χ3v) is 1.53. The van der Waals surface area contributed by atoms with Crippen LogP contribution >= 0.6 is 0 Å². The Morgan fingerprint density at radius 3 is 1.60 bits per heavy atom. The Labute approximate surface area is 115 Å². The average molecular weight is 292 g/mol. The molecule has 0 spiro atoms. The highest BCUT2D eigenvalue weighted by atomic mass is 16.6. The summed E-state index contributed by atoms with van der Waals surface area (Å²) in [5.41, 5.74) is 0. The molecule has 0 saturated heterocycles. The highest BCUT2D eigenvalue weighted by molar-refractivity contribution is 5.91. The van der Waals surface area contributed by atoms with E-state index >= 15 is 0 Å². The van der Waals surface area contributed by atoms with E-state index in [9.17, 15) is 29.4 Å². The van der Waals surface area contributed by atoms with Gasteiger partial charge in [0.25, 0.3) is 0 Å². The predicted molar refractivity (Wildman–Crippen MR) is 58.5 cm³/mol. The van der Waals surface area contributed by atoms with Crippen LogP contribution in [0.4, 0.5) is 0 Å². The second-order valence-corrected chi connectivity index (χ2v) is 3.20. The Kier molecular flexibility index (Phi) is 12.0. The standard InChI is InChI=1S/C7H12O4.C4H6O5/c1-3-10-6(8)5-7(9)11-4-2;5-2(4(8)9)1-3(6)7/h3-5H2,1-2H3;2,5H,1H2,(H,6,7)(H,8,9)/p-2. The average Bonchev–Trinajstić information content (AvgIpc) is 2.29. The molecule has 0 amide bonds. The molecule has 1 unspecified atom stereocenters. The van der Waals surface area contributed by atoms with E-state index in [0.717, 1.165) is 0 Å². The third kappa shape index (κ3) is 13.9. The first kappa shape index (κ1) is 20.2. The predicted octanol–water partition coefficient (Wildman–Crippen LogP) is -3.26. The smallest absolute Gasteiger partial charge is 0.317 e. The molecule has 0 saturated carbocycles. The van der Waals surface area contributed by atoms with E-state index in [4.69, 9.17) is 5.11 Å². The van der Waals surface area contributed by atoms with E-state index in [-0.39, 0.29) is 19.6 Å². The highest BCUT2D eigenvalue weighted by Crippen LogP contribution is 1.89. The molecule has 0 rings (SSSR count). The lowest BCUT2D eigenvalue weighted by Gasteiger charge is -2.10. The molecule has 0 heterocycles. The zero-order valence-electron chi connectivity index (χ0n) is 11.1. The lowest BCUT2D eigenvalue weighted by atomic mass is 10.3. The molecule has 0 aromatic heterocycles. The minimum absolute atomic E-state index is 0.290. The number of aliphatic carboxylic acids is 2. The van der Waals surface area contributed by atoms with E-state index in [1.807, 2.05) is 0 Å². The maximum absolute atomic E-state index is 10.6. The van der Waals surface area contributed by atoms with Crippen molar-refractivity contribution in [2.45, 2.75) is 32.8 Å². The molecule has 0 aliphatic heterocycles. The monoisotopic (exact) mass is 292 g/mol. The summed E-state index contributed by atoms with van der Waals surface area (Å²) in [7, 11) is 0. The molecule has 1 atom stereocenters. The fourth-order valence-corrected chi connectivity index (χ4v) is 0.783. The quantitative estimate of drug-likeness (QED) is 0.376. The van der Waals surface area contributed by atoms with Crippen molar-refractivity contribution in [1.29, 1.82) is 0 Å². The lowest BCUT2D eigenvalue weighted by Crippen LogP contribution is -2.39. The van der Waals surface area contributed by atoms with Crippen LogP contribution in [0.5, 0.6) is 0 Å². The molecule has 20 heavy (non-hydrogen) atoms. The SMILES string of the molecule is CCOC(=O)CC(=O)OCC.O=C([O-])CC(O)C(=O)[O-]. The topological polar surface area (TPSA) is 153 Å². The summed E-state index contributed by atoms with van der Waals surface area (Å²) in [6.45, 7) is 3.95. The highest BCUT2D eigenvalue weighted by Gasteiger charge is 2.09. The Morgan fingerprint density at radius 1 is 1.00 bits per heavy atom. The molecule has 0 radical (unpaired) electrons. The van der Waals surface area contributed by atoms with Crippen molar-refractivity contribution in [1.82, 2.24) is 0 Å². The summed E-state index contributed by atoms with van der Waals surface area (Å²) >= 11 is 0. The van der Waals surface area contributed by atoms with E-state index in [0.29, 0.717) is 0 Å². The number of carbonyl (C=O) groups is 4. The largest absolute Gasteiger partial charge is 0.550 e. The second kappa shape index (κ2) is 11.9. The maximum atomic E-state index is 10.6. The van der Waals surface area contributed by atoms with Crippen molar-refractivity contribution < 1.29 is 44.0 Å². The molecule has 0 fully saturated rings. The number of esters is 2. The molecule has 0 bridgehead atoms. The van der Waals surface area contributed by atoms with Crippen molar-refractivity contribution in [2.75, 3.05) is 13.2 Å². The first-order valence-electron chi connectivity index (χ1n) is 5.64. The number of ether oxygens (including phenoxy) is 2. The van der Waals surface area contributed by atoms with Gasteiger partial charge in [0.15, 0.2) is 0 Å². The van der Waals surface area contributed by atoms with Gasteiger partial charge in [0.1, 0.15) is 6.42 Å². The number of carboxylic acid groups (broad SMARTS) is 2. The van der Waals surface area contributed by atoms with Crippen LogP contribution in [0, 0.1) is 0 Å². The fourth-order valence-electron chi connectivity index (χ4n) is 0.783. The van der Waals surface area contributed by atoms with Gasteiger partial charge in [-0.3, -0.25) is 9.59 Å².